The lowest BCUT2D eigenvalue weighted by Crippen LogP contribution is -2.17. The number of methoxy groups -OCH3 is 1. The predicted octanol–water partition coefficient (Wildman–Crippen LogP) is 3.30. The molecule has 0 N–H and O–H groups in total. The maximum absolute atomic E-state index is 13.3. The van der Waals surface area contributed by atoms with Crippen molar-refractivity contribution >= 4 is 12.0 Å². The summed E-state index contributed by atoms with van der Waals surface area (Å²) >= 11 is 0. The largest absolute Gasteiger partial charge is 0.573 e. The lowest BCUT2D eigenvalue weighted by atomic mass is 10.2. The summed E-state index contributed by atoms with van der Waals surface area (Å²) in [5, 5.41) is 0. The van der Waals surface area contributed by atoms with Crippen molar-refractivity contribution in [2.24, 2.45) is 0 Å². The maximum Gasteiger partial charge on any atom is 0.573 e. The van der Waals surface area contributed by atoms with Gasteiger partial charge >= 0.3 is 12.3 Å². The lowest BCUT2D eigenvalue weighted by molar-refractivity contribution is -0.275. The monoisotopic (exact) mass is 278 g/mol. The summed E-state index contributed by atoms with van der Waals surface area (Å²) in [7, 11) is 1.22. The van der Waals surface area contributed by atoms with Crippen molar-refractivity contribution in [3.8, 4) is 5.75 Å². The highest BCUT2D eigenvalue weighted by molar-refractivity contribution is 5.72. The van der Waals surface area contributed by atoms with Gasteiger partial charge in [0.05, 0.1) is 13.5 Å². The molecule has 0 bridgehead atoms. The first-order valence-corrected chi connectivity index (χ1v) is 5.10. The van der Waals surface area contributed by atoms with Crippen molar-refractivity contribution < 1.29 is 31.8 Å². The number of halogens is 4. The Bertz CT molecular complexity index is 480. The first-order valence-electron chi connectivity index (χ1n) is 5.10. The van der Waals surface area contributed by atoms with Crippen molar-refractivity contribution in [2.75, 3.05) is 7.11 Å². The number of benzene rings is 1. The zero-order chi connectivity index (χ0) is 14.5. The molecule has 104 valence electrons. The van der Waals surface area contributed by atoms with E-state index in [-0.39, 0.29) is 6.42 Å². The fourth-order valence-electron chi connectivity index (χ4n) is 1.20. The van der Waals surface area contributed by atoms with Gasteiger partial charge in [-0.1, -0.05) is 18.2 Å². The van der Waals surface area contributed by atoms with Crippen LogP contribution in [0.15, 0.2) is 24.3 Å². The van der Waals surface area contributed by atoms with Crippen LogP contribution in [0.4, 0.5) is 17.6 Å². The third-order valence-corrected chi connectivity index (χ3v) is 2.00. The molecule has 0 fully saturated rings. The number of carbonyl (C=O) groups excluding carboxylic acids is 1. The molecule has 1 aromatic carbocycles. The minimum absolute atomic E-state index is 0.0150. The van der Waals surface area contributed by atoms with E-state index in [4.69, 9.17) is 0 Å². The van der Waals surface area contributed by atoms with E-state index in [1.54, 1.807) is 0 Å². The van der Waals surface area contributed by atoms with Gasteiger partial charge in [-0.25, -0.2) is 4.39 Å². The van der Waals surface area contributed by atoms with Crippen LogP contribution in [0, 0.1) is 5.82 Å². The molecule has 7 heteroatoms. The summed E-state index contributed by atoms with van der Waals surface area (Å²) in [6.45, 7) is 0. The van der Waals surface area contributed by atoms with Gasteiger partial charge in [-0.3, -0.25) is 4.79 Å². The molecule has 0 saturated heterocycles. The van der Waals surface area contributed by atoms with E-state index in [1.165, 1.54) is 25.3 Å². The van der Waals surface area contributed by atoms with Crippen LogP contribution in [-0.2, 0) is 9.53 Å². The standard InChI is InChI=1S/C12H10F4O3/c1-18-11(17)4-2-3-8-5-6-10(9(13)7-8)19-12(14,15)16/h2-3,5-7H,4H2,1H3. The SMILES string of the molecule is COC(=O)CC=Cc1ccc(OC(F)(F)F)c(F)c1. The Hall–Kier alpha value is -2.05. The Balaban J connectivity index is 2.74. The quantitative estimate of drug-likeness (QED) is 0.626. The molecule has 0 aromatic heterocycles. The molecule has 0 aliphatic carbocycles. The molecular weight excluding hydrogens is 268 g/mol. The minimum Gasteiger partial charge on any atom is -0.469 e. The van der Waals surface area contributed by atoms with Gasteiger partial charge in [-0.15, -0.1) is 13.2 Å². The molecular formula is C12H10F4O3. The van der Waals surface area contributed by atoms with Gasteiger partial charge in [0.2, 0.25) is 0 Å². The first-order chi connectivity index (χ1) is 8.81. The highest BCUT2D eigenvalue weighted by Crippen LogP contribution is 2.26. The van der Waals surface area contributed by atoms with Gasteiger partial charge < -0.3 is 9.47 Å². The molecule has 0 radical (unpaired) electrons. The molecule has 0 heterocycles. The van der Waals surface area contributed by atoms with Crippen LogP contribution in [0.2, 0.25) is 0 Å². The van der Waals surface area contributed by atoms with Gasteiger partial charge in [-0.2, -0.15) is 0 Å². The summed E-state index contributed by atoms with van der Waals surface area (Å²) < 4.78 is 56.8. The molecule has 1 rings (SSSR count). The number of carbonyl (C=O) groups is 1. The van der Waals surface area contributed by atoms with E-state index in [0.717, 1.165) is 12.1 Å². The highest BCUT2D eigenvalue weighted by Gasteiger charge is 2.32. The fraction of sp³-hybridized carbons (Fsp3) is 0.250. The Kier molecular flexibility index (Phi) is 4.91. The molecule has 3 nitrogen and oxygen atoms in total. The van der Waals surface area contributed by atoms with E-state index < -0.39 is 23.9 Å². The first kappa shape index (κ1) is 15.0. The van der Waals surface area contributed by atoms with Crippen LogP contribution in [0.3, 0.4) is 0 Å². The summed E-state index contributed by atoms with van der Waals surface area (Å²) in [6.07, 6.45) is -2.16. The zero-order valence-corrected chi connectivity index (χ0v) is 9.83. The summed E-state index contributed by atoms with van der Waals surface area (Å²) in [4.78, 5) is 10.8. The van der Waals surface area contributed by atoms with E-state index in [0.29, 0.717) is 5.56 Å². The number of alkyl halides is 3. The van der Waals surface area contributed by atoms with E-state index in [1.807, 2.05) is 0 Å². The minimum atomic E-state index is -4.94. The second kappa shape index (κ2) is 6.21. The van der Waals surface area contributed by atoms with Crippen LogP contribution in [0.1, 0.15) is 12.0 Å². The number of hydrogen-bond acceptors (Lipinski definition) is 3. The lowest BCUT2D eigenvalue weighted by Gasteiger charge is -2.09. The Morgan fingerprint density at radius 2 is 2.05 bits per heavy atom. The van der Waals surface area contributed by atoms with Gasteiger partial charge in [0.25, 0.3) is 0 Å². The van der Waals surface area contributed by atoms with Crippen molar-refractivity contribution in [1.29, 1.82) is 0 Å². The number of esters is 1. The van der Waals surface area contributed by atoms with Crippen LogP contribution >= 0.6 is 0 Å². The van der Waals surface area contributed by atoms with Gasteiger partial charge in [0, 0.05) is 0 Å². The second-order valence-electron chi connectivity index (χ2n) is 3.42. The average Bonchev–Trinajstić information content (AvgIpc) is 2.31. The molecule has 0 spiro atoms. The molecule has 0 unspecified atom stereocenters. The van der Waals surface area contributed by atoms with Crippen LogP contribution in [0.25, 0.3) is 6.08 Å². The number of rotatable bonds is 4. The van der Waals surface area contributed by atoms with E-state index >= 15 is 0 Å². The topological polar surface area (TPSA) is 35.5 Å². The number of ether oxygens (including phenoxy) is 2. The Labute approximate surface area is 106 Å². The maximum atomic E-state index is 13.3. The summed E-state index contributed by atoms with van der Waals surface area (Å²) in [6, 6.07) is 2.97. The van der Waals surface area contributed by atoms with Crippen molar-refractivity contribution in [3.05, 3.63) is 35.7 Å². The molecule has 0 aliphatic rings. The van der Waals surface area contributed by atoms with E-state index in [2.05, 4.69) is 9.47 Å². The third kappa shape index (κ3) is 5.41. The average molecular weight is 278 g/mol. The molecule has 0 aliphatic heterocycles. The third-order valence-electron chi connectivity index (χ3n) is 2.00. The Morgan fingerprint density at radius 3 is 2.58 bits per heavy atom. The van der Waals surface area contributed by atoms with Crippen molar-refractivity contribution in [2.45, 2.75) is 12.8 Å². The van der Waals surface area contributed by atoms with Gasteiger partial charge in [-0.05, 0) is 17.7 Å². The van der Waals surface area contributed by atoms with Crippen LogP contribution in [0.5, 0.6) is 5.75 Å². The Morgan fingerprint density at radius 1 is 1.37 bits per heavy atom. The van der Waals surface area contributed by atoms with Crippen molar-refractivity contribution in [1.82, 2.24) is 0 Å². The van der Waals surface area contributed by atoms with Gasteiger partial charge in [0.15, 0.2) is 11.6 Å². The van der Waals surface area contributed by atoms with Crippen LogP contribution < -0.4 is 4.74 Å². The molecule has 19 heavy (non-hydrogen) atoms. The summed E-state index contributed by atoms with van der Waals surface area (Å²) in [5.41, 5.74) is 0.302. The fourth-order valence-corrected chi connectivity index (χ4v) is 1.20. The smallest absolute Gasteiger partial charge is 0.469 e. The molecule has 0 saturated carbocycles. The predicted molar refractivity (Wildman–Crippen MR) is 58.8 cm³/mol. The van der Waals surface area contributed by atoms with E-state index in [9.17, 15) is 22.4 Å². The second-order valence-corrected chi connectivity index (χ2v) is 3.42. The molecule has 0 amide bonds. The number of hydrogen-bond donors (Lipinski definition) is 0. The summed E-state index contributed by atoms with van der Waals surface area (Å²) in [5.74, 6) is -2.52. The zero-order valence-electron chi connectivity index (χ0n) is 9.83. The molecule has 0 atom stereocenters. The van der Waals surface area contributed by atoms with Gasteiger partial charge in [0.1, 0.15) is 0 Å². The van der Waals surface area contributed by atoms with Crippen molar-refractivity contribution in [3.63, 3.8) is 0 Å². The highest BCUT2D eigenvalue weighted by atomic mass is 19.4. The van der Waals surface area contributed by atoms with Crippen LogP contribution in [-0.4, -0.2) is 19.4 Å². The molecule has 1 aromatic rings. The normalized spacial score (nSPS) is 11.6.